The van der Waals surface area contributed by atoms with Crippen LogP contribution >= 0.6 is 0 Å². The van der Waals surface area contributed by atoms with E-state index in [0.29, 0.717) is 6.42 Å². The van der Waals surface area contributed by atoms with Gasteiger partial charge in [-0.05, 0) is 6.42 Å². The first kappa shape index (κ1) is 11.7. The van der Waals surface area contributed by atoms with Crippen LogP contribution in [-0.4, -0.2) is 25.2 Å². The predicted octanol–water partition coefficient (Wildman–Crippen LogP) is 1.06. The van der Waals surface area contributed by atoms with Gasteiger partial charge in [0.05, 0.1) is 7.11 Å². The molecule has 0 aromatic heterocycles. The van der Waals surface area contributed by atoms with Crippen LogP contribution in [0.15, 0.2) is 12.7 Å². The molecule has 0 N–H and O–H groups in total. The maximum Gasteiger partial charge on any atom is 0.305 e. The molecule has 0 unspecified atom stereocenters. The Morgan fingerprint density at radius 3 is 2.54 bits per heavy atom. The zero-order chi connectivity index (χ0) is 10.3. The minimum absolute atomic E-state index is 0.223. The van der Waals surface area contributed by atoms with Crippen molar-refractivity contribution in [3.05, 3.63) is 12.7 Å². The molecule has 4 nitrogen and oxygen atoms in total. The van der Waals surface area contributed by atoms with E-state index in [0.717, 1.165) is 0 Å². The van der Waals surface area contributed by atoms with Gasteiger partial charge < -0.3 is 9.47 Å². The second-order valence-electron chi connectivity index (χ2n) is 2.50. The number of hydrogen-bond donors (Lipinski definition) is 0. The SMILES string of the molecule is C=C[C@H](CCC(=O)OC)OC(C)=O. The topological polar surface area (TPSA) is 52.6 Å². The summed E-state index contributed by atoms with van der Waals surface area (Å²) >= 11 is 0. The van der Waals surface area contributed by atoms with Gasteiger partial charge in [0.1, 0.15) is 6.10 Å². The maximum atomic E-state index is 10.7. The first-order valence-corrected chi connectivity index (χ1v) is 3.96. The van der Waals surface area contributed by atoms with Crippen molar-refractivity contribution in [3.63, 3.8) is 0 Å². The van der Waals surface area contributed by atoms with Crippen molar-refractivity contribution in [1.82, 2.24) is 0 Å². The molecule has 74 valence electrons. The van der Waals surface area contributed by atoms with E-state index >= 15 is 0 Å². The van der Waals surface area contributed by atoms with Gasteiger partial charge in [-0.1, -0.05) is 12.7 Å². The minimum atomic E-state index is -0.406. The molecule has 1 atom stereocenters. The summed E-state index contributed by atoms with van der Waals surface area (Å²) in [5, 5.41) is 0. The summed E-state index contributed by atoms with van der Waals surface area (Å²) in [5.74, 6) is -0.700. The molecule has 0 saturated heterocycles. The maximum absolute atomic E-state index is 10.7. The van der Waals surface area contributed by atoms with E-state index in [2.05, 4.69) is 11.3 Å². The van der Waals surface area contributed by atoms with E-state index in [1.54, 1.807) is 0 Å². The third-order valence-corrected chi connectivity index (χ3v) is 1.44. The van der Waals surface area contributed by atoms with Crippen LogP contribution in [0, 0.1) is 0 Å². The number of rotatable bonds is 5. The summed E-state index contributed by atoms with van der Waals surface area (Å²) in [6, 6.07) is 0. The molecule has 4 heteroatoms. The normalized spacial score (nSPS) is 11.5. The molecule has 13 heavy (non-hydrogen) atoms. The largest absolute Gasteiger partial charge is 0.469 e. The molecular weight excluding hydrogens is 172 g/mol. The molecule has 0 aliphatic rings. The average molecular weight is 186 g/mol. The lowest BCUT2D eigenvalue weighted by molar-refractivity contribution is -0.147. The van der Waals surface area contributed by atoms with Crippen molar-refractivity contribution in [3.8, 4) is 0 Å². The highest BCUT2D eigenvalue weighted by molar-refractivity contribution is 5.69. The van der Waals surface area contributed by atoms with Gasteiger partial charge >= 0.3 is 11.9 Å². The van der Waals surface area contributed by atoms with Crippen molar-refractivity contribution in [2.75, 3.05) is 7.11 Å². The van der Waals surface area contributed by atoms with E-state index in [9.17, 15) is 9.59 Å². The van der Waals surface area contributed by atoms with Crippen molar-refractivity contribution in [2.24, 2.45) is 0 Å². The molecule has 0 aliphatic heterocycles. The van der Waals surface area contributed by atoms with Gasteiger partial charge in [-0.2, -0.15) is 0 Å². The molecule has 0 saturated carbocycles. The van der Waals surface area contributed by atoms with E-state index in [-0.39, 0.29) is 18.4 Å². The van der Waals surface area contributed by atoms with Crippen molar-refractivity contribution in [2.45, 2.75) is 25.9 Å². The van der Waals surface area contributed by atoms with Gasteiger partial charge in [-0.15, -0.1) is 0 Å². The highest BCUT2D eigenvalue weighted by Crippen LogP contribution is 2.04. The van der Waals surface area contributed by atoms with Crippen molar-refractivity contribution < 1.29 is 19.1 Å². The monoisotopic (exact) mass is 186 g/mol. The molecule has 0 spiro atoms. The van der Waals surface area contributed by atoms with Gasteiger partial charge in [0.2, 0.25) is 0 Å². The van der Waals surface area contributed by atoms with Crippen molar-refractivity contribution in [1.29, 1.82) is 0 Å². The molecule has 0 aliphatic carbocycles. The van der Waals surface area contributed by atoms with Crippen LogP contribution in [0.25, 0.3) is 0 Å². The third-order valence-electron chi connectivity index (χ3n) is 1.44. The van der Waals surface area contributed by atoms with Crippen LogP contribution in [0.3, 0.4) is 0 Å². The first-order chi connectivity index (χ1) is 6.10. The number of carbonyl (C=O) groups is 2. The Labute approximate surface area is 77.5 Å². The van der Waals surface area contributed by atoms with Gasteiger partial charge in [-0.25, -0.2) is 0 Å². The van der Waals surface area contributed by atoms with Gasteiger partial charge in [0.15, 0.2) is 0 Å². The van der Waals surface area contributed by atoms with Gasteiger partial charge in [-0.3, -0.25) is 9.59 Å². The van der Waals surface area contributed by atoms with Crippen molar-refractivity contribution >= 4 is 11.9 Å². The van der Waals surface area contributed by atoms with Gasteiger partial charge in [0.25, 0.3) is 0 Å². The fraction of sp³-hybridized carbons (Fsp3) is 0.556. The molecule has 0 aromatic rings. The fourth-order valence-electron chi connectivity index (χ4n) is 0.800. The number of methoxy groups -OCH3 is 1. The van der Waals surface area contributed by atoms with Crippen LogP contribution in [0.1, 0.15) is 19.8 Å². The zero-order valence-electron chi connectivity index (χ0n) is 7.91. The Morgan fingerprint density at radius 1 is 1.54 bits per heavy atom. The minimum Gasteiger partial charge on any atom is -0.469 e. The standard InChI is InChI=1S/C9H14O4/c1-4-8(13-7(2)10)5-6-9(11)12-3/h4,8H,1,5-6H2,2-3H3/t8-/m1/s1. The van der Waals surface area contributed by atoms with Gasteiger partial charge in [0, 0.05) is 13.3 Å². The third kappa shape index (κ3) is 5.90. The second-order valence-corrected chi connectivity index (χ2v) is 2.50. The summed E-state index contributed by atoms with van der Waals surface area (Å²) in [5.41, 5.74) is 0. The first-order valence-electron chi connectivity index (χ1n) is 3.96. The molecule has 0 radical (unpaired) electrons. The molecule has 0 amide bonds. The molecule has 0 fully saturated rings. The smallest absolute Gasteiger partial charge is 0.305 e. The number of esters is 2. The Hall–Kier alpha value is -1.32. The molecule has 0 bridgehead atoms. The lowest BCUT2D eigenvalue weighted by Gasteiger charge is -2.11. The van der Waals surface area contributed by atoms with E-state index in [1.807, 2.05) is 0 Å². The second kappa shape index (κ2) is 6.22. The molecule has 0 heterocycles. The summed E-state index contributed by atoms with van der Waals surface area (Å²) < 4.78 is 9.27. The fourth-order valence-corrected chi connectivity index (χ4v) is 0.800. The van der Waals surface area contributed by atoms with E-state index in [4.69, 9.17) is 4.74 Å². The van der Waals surface area contributed by atoms with E-state index in [1.165, 1.54) is 20.1 Å². The van der Waals surface area contributed by atoms with Crippen LogP contribution in [0.4, 0.5) is 0 Å². The highest BCUT2D eigenvalue weighted by Gasteiger charge is 2.10. The quantitative estimate of drug-likeness (QED) is 0.476. The van der Waals surface area contributed by atoms with Crippen LogP contribution in [0.5, 0.6) is 0 Å². The average Bonchev–Trinajstić information content (AvgIpc) is 2.10. The predicted molar refractivity (Wildman–Crippen MR) is 47.0 cm³/mol. The lowest BCUT2D eigenvalue weighted by atomic mass is 10.2. The molecule has 0 aromatic carbocycles. The van der Waals surface area contributed by atoms with Crippen LogP contribution in [-0.2, 0) is 19.1 Å². The summed E-state index contributed by atoms with van der Waals surface area (Å²) in [6.45, 7) is 4.80. The van der Waals surface area contributed by atoms with E-state index < -0.39 is 6.10 Å². The summed E-state index contributed by atoms with van der Waals surface area (Å²) in [4.78, 5) is 21.3. The Balaban J connectivity index is 3.78. The summed E-state index contributed by atoms with van der Waals surface area (Å²) in [6.07, 6.45) is 1.72. The van der Waals surface area contributed by atoms with Crippen LogP contribution in [0.2, 0.25) is 0 Å². The molecular formula is C9H14O4. The highest BCUT2D eigenvalue weighted by atomic mass is 16.5. The zero-order valence-corrected chi connectivity index (χ0v) is 7.91. The Morgan fingerprint density at radius 2 is 2.15 bits per heavy atom. The Bertz CT molecular complexity index is 198. The lowest BCUT2D eigenvalue weighted by Crippen LogP contribution is -2.15. The Kier molecular flexibility index (Phi) is 5.59. The number of ether oxygens (including phenoxy) is 2. The number of hydrogen-bond acceptors (Lipinski definition) is 4. The molecule has 0 rings (SSSR count). The summed E-state index contributed by atoms with van der Waals surface area (Å²) in [7, 11) is 1.32. The number of carbonyl (C=O) groups excluding carboxylic acids is 2. The van der Waals surface area contributed by atoms with Crippen LogP contribution < -0.4 is 0 Å².